The number of hydrogen-bond acceptors (Lipinski definition) is 5. The summed E-state index contributed by atoms with van der Waals surface area (Å²) < 4.78 is 2.14. The fourth-order valence-electron chi connectivity index (χ4n) is 6.71. The molecular formula is C29H42N6O. The summed E-state index contributed by atoms with van der Waals surface area (Å²) >= 11 is 0. The molecule has 2 heterocycles. The first-order valence-corrected chi connectivity index (χ1v) is 14.1. The molecule has 0 amide bonds. The number of aromatic nitrogens is 5. The molecule has 1 atom stereocenters. The molecule has 2 saturated carbocycles. The summed E-state index contributed by atoms with van der Waals surface area (Å²) in [6.45, 7) is 9.37. The van der Waals surface area contributed by atoms with Crippen LogP contribution in [0.1, 0.15) is 113 Å². The summed E-state index contributed by atoms with van der Waals surface area (Å²) in [5.41, 5.74) is 4.15. The summed E-state index contributed by atoms with van der Waals surface area (Å²) in [5, 5.41) is 14.5. The van der Waals surface area contributed by atoms with Crippen LogP contribution in [0.4, 0.5) is 0 Å². The lowest BCUT2D eigenvalue weighted by Crippen LogP contribution is -2.43. The fourth-order valence-corrected chi connectivity index (χ4v) is 6.71. The Labute approximate surface area is 214 Å². The zero-order valence-electron chi connectivity index (χ0n) is 22.5. The molecule has 1 aromatic carbocycles. The van der Waals surface area contributed by atoms with Crippen molar-refractivity contribution in [3.05, 3.63) is 51.1 Å². The Bertz CT molecular complexity index is 1230. The van der Waals surface area contributed by atoms with Crippen molar-refractivity contribution in [1.82, 2.24) is 30.1 Å². The predicted molar refractivity (Wildman–Crippen MR) is 144 cm³/mol. The van der Waals surface area contributed by atoms with Gasteiger partial charge in [0.05, 0.1) is 12.1 Å². The highest BCUT2D eigenvalue weighted by atomic mass is 16.1. The Morgan fingerprint density at radius 3 is 2.39 bits per heavy atom. The molecule has 1 N–H and O–H groups in total. The first kappa shape index (κ1) is 25.1. The molecular weight excluding hydrogens is 448 g/mol. The van der Waals surface area contributed by atoms with Crippen molar-refractivity contribution >= 4 is 10.9 Å². The minimum Gasteiger partial charge on any atom is -0.322 e. The molecule has 2 fully saturated rings. The van der Waals surface area contributed by atoms with Crippen molar-refractivity contribution in [3.63, 3.8) is 0 Å². The molecule has 36 heavy (non-hydrogen) atoms. The van der Waals surface area contributed by atoms with E-state index in [1.807, 2.05) is 0 Å². The number of benzene rings is 1. The van der Waals surface area contributed by atoms with Crippen LogP contribution in [0.5, 0.6) is 0 Å². The maximum Gasteiger partial charge on any atom is 0.252 e. The van der Waals surface area contributed by atoms with Crippen molar-refractivity contribution in [2.45, 2.75) is 117 Å². The normalized spacial score (nSPS) is 18.9. The maximum absolute atomic E-state index is 13.3. The number of nitrogens with zero attached hydrogens (tertiary/aromatic N) is 5. The van der Waals surface area contributed by atoms with Crippen molar-refractivity contribution in [2.24, 2.45) is 5.92 Å². The van der Waals surface area contributed by atoms with E-state index < -0.39 is 0 Å². The van der Waals surface area contributed by atoms with Crippen LogP contribution >= 0.6 is 0 Å². The summed E-state index contributed by atoms with van der Waals surface area (Å²) in [4.78, 5) is 19.1. The van der Waals surface area contributed by atoms with Gasteiger partial charge < -0.3 is 4.98 Å². The van der Waals surface area contributed by atoms with Gasteiger partial charge in [0.25, 0.3) is 5.56 Å². The molecule has 0 bridgehead atoms. The van der Waals surface area contributed by atoms with Crippen molar-refractivity contribution in [3.8, 4) is 0 Å². The lowest BCUT2D eigenvalue weighted by Gasteiger charge is -2.41. The van der Waals surface area contributed by atoms with E-state index in [0.717, 1.165) is 48.0 Å². The van der Waals surface area contributed by atoms with Gasteiger partial charge in [-0.15, -0.1) is 5.10 Å². The van der Waals surface area contributed by atoms with Gasteiger partial charge in [-0.2, -0.15) is 0 Å². The van der Waals surface area contributed by atoms with Crippen LogP contribution < -0.4 is 5.56 Å². The molecule has 0 saturated heterocycles. The topological polar surface area (TPSA) is 79.7 Å². The van der Waals surface area contributed by atoms with Crippen molar-refractivity contribution < 1.29 is 0 Å². The van der Waals surface area contributed by atoms with E-state index >= 15 is 0 Å². The lowest BCUT2D eigenvalue weighted by atomic mass is 9.89. The molecule has 0 aliphatic heterocycles. The van der Waals surface area contributed by atoms with Crippen LogP contribution in [-0.4, -0.2) is 36.1 Å². The van der Waals surface area contributed by atoms with Crippen LogP contribution in [0.25, 0.3) is 10.9 Å². The first-order valence-electron chi connectivity index (χ1n) is 14.1. The molecule has 5 rings (SSSR count). The average molecular weight is 491 g/mol. The van der Waals surface area contributed by atoms with Gasteiger partial charge in [0, 0.05) is 29.1 Å². The van der Waals surface area contributed by atoms with Gasteiger partial charge in [0.15, 0.2) is 5.82 Å². The van der Waals surface area contributed by atoms with Gasteiger partial charge in [0.2, 0.25) is 0 Å². The van der Waals surface area contributed by atoms with E-state index in [-0.39, 0.29) is 11.6 Å². The van der Waals surface area contributed by atoms with Crippen LogP contribution in [0.3, 0.4) is 0 Å². The Kier molecular flexibility index (Phi) is 7.56. The van der Waals surface area contributed by atoms with E-state index in [4.69, 9.17) is 0 Å². The number of aryl methyl sites for hydroxylation is 2. The summed E-state index contributed by atoms with van der Waals surface area (Å²) in [6.07, 6.45) is 12.2. The first-order chi connectivity index (χ1) is 17.4. The van der Waals surface area contributed by atoms with Crippen molar-refractivity contribution in [2.75, 3.05) is 0 Å². The lowest BCUT2D eigenvalue weighted by molar-refractivity contribution is 0.0590. The average Bonchev–Trinajstić information content (AvgIpc) is 3.34. The number of pyridine rings is 1. The van der Waals surface area contributed by atoms with E-state index in [2.05, 4.69) is 76.0 Å². The largest absolute Gasteiger partial charge is 0.322 e. The zero-order chi connectivity index (χ0) is 25.2. The van der Waals surface area contributed by atoms with E-state index in [9.17, 15) is 4.79 Å². The van der Waals surface area contributed by atoms with E-state index in [0.29, 0.717) is 24.5 Å². The Morgan fingerprint density at radius 2 is 1.69 bits per heavy atom. The summed E-state index contributed by atoms with van der Waals surface area (Å²) in [7, 11) is 0. The number of aromatic amines is 1. The third kappa shape index (κ3) is 5.13. The van der Waals surface area contributed by atoms with Crippen LogP contribution in [0, 0.1) is 19.8 Å². The molecule has 0 unspecified atom stereocenters. The quantitative estimate of drug-likeness (QED) is 0.428. The molecule has 3 aromatic rings. The summed E-state index contributed by atoms with van der Waals surface area (Å²) in [5.74, 6) is 1.30. The SMILES string of the molecule is Cc1cc(C)c2cc(CN(C3CCCCC3)[C@@H](c3nnnn3C3CCCCC3)C(C)C)c(=O)[nH]c2c1. The van der Waals surface area contributed by atoms with E-state index in [1.165, 1.54) is 49.7 Å². The van der Waals surface area contributed by atoms with Gasteiger partial charge in [-0.05, 0) is 79.1 Å². The van der Waals surface area contributed by atoms with Gasteiger partial charge in [-0.25, -0.2) is 4.68 Å². The van der Waals surface area contributed by atoms with Gasteiger partial charge in [0.1, 0.15) is 0 Å². The summed E-state index contributed by atoms with van der Waals surface area (Å²) in [6, 6.07) is 7.27. The second kappa shape index (κ2) is 10.8. The van der Waals surface area contributed by atoms with E-state index in [1.54, 1.807) is 0 Å². The Morgan fingerprint density at radius 1 is 1.00 bits per heavy atom. The molecule has 0 radical (unpaired) electrons. The van der Waals surface area contributed by atoms with Gasteiger partial charge in [-0.1, -0.05) is 58.4 Å². The molecule has 2 aliphatic carbocycles. The number of nitrogens with one attached hydrogen (secondary N) is 1. The fraction of sp³-hybridized carbons (Fsp3) is 0.655. The van der Waals surface area contributed by atoms with Crippen LogP contribution in [0.15, 0.2) is 23.0 Å². The molecule has 2 aromatic heterocycles. The minimum atomic E-state index is 0.0164. The Hall–Kier alpha value is -2.54. The van der Waals surface area contributed by atoms with Gasteiger partial charge in [-0.3, -0.25) is 9.69 Å². The van der Waals surface area contributed by atoms with Crippen LogP contribution in [0.2, 0.25) is 0 Å². The molecule has 7 nitrogen and oxygen atoms in total. The standard InChI is InChI=1S/C29H42N6O/c1-19(2)27(28-31-32-33-35(28)24-13-9-6-10-14-24)34(23-11-7-5-8-12-23)18-22-17-25-21(4)15-20(3)16-26(25)30-29(22)36/h15-17,19,23-24,27H,5-14,18H2,1-4H3,(H,30,36)/t27-/m1/s1. The molecule has 7 heteroatoms. The number of fused-ring (bicyclic) bond motifs is 1. The smallest absolute Gasteiger partial charge is 0.252 e. The second-order valence-corrected chi connectivity index (χ2v) is 11.6. The van der Waals surface area contributed by atoms with Crippen molar-refractivity contribution in [1.29, 1.82) is 0 Å². The molecule has 0 spiro atoms. The number of rotatable bonds is 7. The number of hydrogen-bond donors (Lipinski definition) is 1. The predicted octanol–water partition coefficient (Wildman–Crippen LogP) is 6.17. The highest BCUT2D eigenvalue weighted by Crippen LogP contribution is 2.37. The zero-order valence-corrected chi connectivity index (χ0v) is 22.5. The Balaban J connectivity index is 1.56. The third-order valence-corrected chi connectivity index (χ3v) is 8.48. The number of tetrazole rings is 1. The minimum absolute atomic E-state index is 0.0164. The van der Waals surface area contributed by atoms with Gasteiger partial charge >= 0.3 is 0 Å². The monoisotopic (exact) mass is 490 g/mol. The third-order valence-electron chi connectivity index (χ3n) is 8.48. The second-order valence-electron chi connectivity index (χ2n) is 11.6. The van der Waals surface area contributed by atoms with Crippen LogP contribution in [-0.2, 0) is 6.54 Å². The molecule has 194 valence electrons. The highest BCUT2D eigenvalue weighted by molar-refractivity contribution is 5.83. The number of H-pyrrole nitrogens is 1. The molecule has 2 aliphatic rings. The highest BCUT2D eigenvalue weighted by Gasteiger charge is 2.36. The maximum atomic E-state index is 13.3.